The molecule has 1 aromatic heterocycles. The number of rotatable bonds is 2. The molecule has 0 spiro atoms. The van der Waals surface area contributed by atoms with E-state index in [0.29, 0.717) is 17.3 Å². The van der Waals surface area contributed by atoms with Gasteiger partial charge in [0.1, 0.15) is 17.3 Å². The first kappa shape index (κ1) is 15.4. The molecule has 1 aromatic rings. The van der Waals surface area contributed by atoms with Crippen LogP contribution in [0.5, 0.6) is 0 Å². The highest BCUT2D eigenvalue weighted by Gasteiger charge is 2.18. The molecule has 0 atom stereocenters. The molecule has 2 N–H and O–H groups in total. The van der Waals surface area contributed by atoms with Gasteiger partial charge in [0.25, 0.3) is 5.91 Å². The Morgan fingerprint density at radius 3 is 2.11 bits per heavy atom. The highest BCUT2D eigenvalue weighted by molar-refractivity contribution is 5.93. The summed E-state index contributed by atoms with van der Waals surface area (Å²) in [6.07, 6.45) is 0. The Morgan fingerprint density at radius 2 is 1.63 bits per heavy atom. The third kappa shape index (κ3) is 5.68. The van der Waals surface area contributed by atoms with Crippen molar-refractivity contribution >= 4 is 11.7 Å². The average molecular weight is 264 g/mol. The van der Waals surface area contributed by atoms with E-state index in [9.17, 15) is 4.79 Å². The van der Waals surface area contributed by atoms with E-state index in [0.717, 1.165) is 0 Å². The third-order valence-electron chi connectivity index (χ3n) is 2.06. The lowest BCUT2D eigenvalue weighted by Gasteiger charge is -2.23. The van der Waals surface area contributed by atoms with Gasteiger partial charge in [0, 0.05) is 17.1 Å². The van der Waals surface area contributed by atoms with E-state index in [1.807, 2.05) is 41.5 Å². The standard InChI is InChI=1S/C14H24N4O/c1-9-15-10(12(19)18-14(5,6)7)8-11(16-9)17-13(2,3)4/h8H,1-7H3,(H,18,19)(H,15,16,17). The van der Waals surface area contributed by atoms with Gasteiger partial charge in [0.2, 0.25) is 0 Å². The second-order valence-electron chi connectivity index (χ2n) is 6.76. The lowest BCUT2D eigenvalue weighted by Crippen LogP contribution is -2.41. The zero-order valence-corrected chi connectivity index (χ0v) is 12.9. The van der Waals surface area contributed by atoms with Crippen molar-refractivity contribution in [3.63, 3.8) is 0 Å². The van der Waals surface area contributed by atoms with Crippen LogP contribution in [-0.2, 0) is 0 Å². The SMILES string of the molecule is Cc1nc(NC(C)(C)C)cc(C(=O)NC(C)(C)C)n1. The molecule has 106 valence electrons. The van der Waals surface area contributed by atoms with E-state index in [1.165, 1.54) is 0 Å². The monoisotopic (exact) mass is 264 g/mol. The molecule has 0 aromatic carbocycles. The van der Waals surface area contributed by atoms with Crippen LogP contribution in [0.4, 0.5) is 5.82 Å². The zero-order chi connectivity index (χ0) is 14.8. The number of anilines is 1. The van der Waals surface area contributed by atoms with Crippen molar-refractivity contribution in [2.45, 2.75) is 59.5 Å². The first-order valence-corrected chi connectivity index (χ1v) is 6.43. The Balaban J connectivity index is 3.00. The predicted octanol–water partition coefficient (Wildman–Crippen LogP) is 2.52. The molecule has 0 aliphatic heterocycles. The zero-order valence-electron chi connectivity index (χ0n) is 12.9. The first-order valence-electron chi connectivity index (χ1n) is 6.43. The molecule has 5 heteroatoms. The number of hydrogen-bond acceptors (Lipinski definition) is 4. The molecule has 0 fully saturated rings. The maximum atomic E-state index is 12.1. The summed E-state index contributed by atoms with van der Waals surface area (Å²) in [5.41, 5.74) is -0.0132. The van der Waals surface area contributed by atoms with Crippen molar-refractivity contribution in [1.29, 1.82) is 0 Å². The minimum absolute atomic E-state index is 0.113. The third-order valence-corrected chi connectivity index (χ3v) is 2.06. The molecule has 0 aliphatic rings. The van der Waals surface area contributed by atoms with Crippen LogP contribution in [0.25, 0.3) is 0 Å². The van der Waals surface area contributed by atoms with Crippen LogP contribution < -0.4 is 10.6 Å². The number of aryl methyl sites for hydroxylation is 1. The van der Waals surface area contributed by atoms with Gasteiger partial charge in [0.05, 0.1) is 0 Å². The Kier molecular flexibility index (Phi) is 4.18. The van der Waals surface area contributed by atoms with Crippen molar-refractivity contribution in [2.75, 3.05) is 5.32 Å². The van der Waals surface area contributed by atoms with Gasteiger partial charge in [-0.3, -0.25) is 4.79 Å². The summed E-state index contributed by atoms with van der Waals surface area (Å²) in [4.78, 5) is 20.6. The Labute approximate surface area is 115 Å². The lowest BCUT2D eigenvalue weighted by molar-refractivity contribution is 0.0914. The van der Waals surface area contributed by atoms with Gasteiger partial charge in [-0.15, -0.1) is 0 Å². The Hall–Kier alpha value is -1.65. The molecule has 1 rings (SSSR count). The normalized spacial score (nSPS) is 12.2. The summed E-state index contributed by atoms with van der Waals surface area (Å²) in [5.74, 6) is 1.06. The van der Waals surface area contributed by atoms with Crippen LogP contribution >= 0.6 is 0 Å². The fourth-order valence-corrected chi connectivity index (χ4v) is 1.54. The summed E-state index contributed by atoms with van der Waals surface area (Å²) in [7, 11) is 0. The highest BCUT2D eigenvalue weighted by atomic mass is 16.2. The van der Waals surface area contributed by atoms with Gasteiger partial charge in [-0.2, -0.15) is 0 Å². The van der Waals surface area contributed by atoms with Crippen molar-refractivity contribution in [2.24, 2.45) is 0 Å². The molecule has 1 amide bonds. The Morgan fingerprint density at radius 1 is 1.05 bits per heavy atom. The quantitative estimate of drug-likeness (QED) is 0.861. The van der Waals surface area contributed by atoms with Crippen molar-refractivity contribution in [1.82, 2.24) is 15.3 Å². The number of aromatic nitrogens is 2. The van der Waals surface area contributed by atoms with Gasteiger partial charge in [-0.25, -0.2) is 9.97 Å². The van der Waals surface area contributed by atoms with Gasteiger partial charge in [-0.05, 0) is 48.5 Å². The van der Waals surface area contributed by atoms with Crippen LogP contribution in [-0.4, -0.2) is 27.0 Å². The minimum Gasteiger partial charge on any atom is -0.365 e. The number of amides is 1. The van der Waals surface area contributed by atoms with E-state index in [1.54, 1.807) is 13.0 Å². The summed E-state index contributed by atoms with van der Waals surface area (Å²) in [5, 5.41) is 6.14. The summed E-state index contributed by atoms with van der Waals surface area (Å²) < 4.78 is 0. The number of nitrogens with one attached hydrogen (secondary N) is 2. The van der Waals surface area contributed by atoms with Crippen LogP contribution in [0.3, 0.4) is 0 Å². The summed E-state index contributed by atoms with van der Waals surface area (Å²) in [6, 6.07) is 1.68. The second-order valence-corrected chi connectivity index (χ2v) is 6.76. The number of carbonyl (C=O) groups is 1. The number of carbonyl (C=O) groups excluding carboxylic acids is 1. The van der Waals surface area contributed by atoms with Crippen molar-refractivity contribution < 1.29 is 4.79 Å². The Bertz CT molecular complexity index is 469. The van der Waals surface area contributed by atoms with E-state index >= 15 is 0 Å². The van der Waals surface area contributed by atoms with E-state index in [2.05, 4.69) is 20.6 Å². The maximum Gasteiger partial charge on any atom is 0.270 e. The first-order chi connectivity index (χ1) is 8.46. The van der Waals surface area contributed by atoms with Gasteiger partial charge >= 0.3 is 0 Å². The number of hydrogen-bond donors (Lipinski definition) is 2. The molecule has 19 heavy (non-hydrogen) atoms. The topological polar surface area (TPSA) is 66.9 Å². The van der Waals surface area contributed by atoms with Crippen LogP contribution in [0.1, 0.15) is 57.9 Å². The largest absolute Gasteiger partial charge is 0.365 e. The summed E-state index contributed by atoms with van der Waals surface area (Å²) >= 11 is 0. The molecule has 0 radical (unpaired) electrons. The van der Waals surface area contributed by atoms with Crippen molar-refractivity contribution in [3.05, 3.63) is 17.6 Å². The fourth-order valence-electron chi connectivity index (χ4n) is 1.54. The average Bonchev–Trinajstić information content (AvgIpc) is 2.10. The van der Waals surface area contributed by atoms with E-state index < -0.39 is 0 Å². The van der Waals surface area contributed by atoms with Crippen LogP contribution in [0.15, 0.2) is 6.07 Å². The molecule has 0 unspecified atom stereocenters. The molecule has 0 saturated heterocycles. The minimum atomic E-state index is -0.284. The molecular formula is C14H24N4O. The smallest absolute Gasteiger partial charge is 0.270 e. The van der Waals surface area contributed by atoms with Crippen LogP contribution in [0, 0.1) is 6.92 Å². The summed E-state index contributed by atoms with van der Waals surface area (Å²) in [6.45, 7) is 13.7. The second kappa shape index (κ2) is 5.15. The lowest BCUT2D eigenvalue weighted by atomic mass is 10.1. The van der Waals surface area contributed by atoms with E-state index in [4.69, 9.17) is 0 Å². The predicted molar refractivity (Wildman–Crippen MR) is 77.4 cm³/mol. The molecule has 0 bridgehead atoms. The number of nitrogens with zero attached hydrogens (tertiary/aromatic N) is 2. The molecule has 1 heterocycles. The van der Waals surface area contributed by atoms with Crippen LogP contribution in [0.2, 0.25) is 0 Å². The molecule has 0 aliphatic carbocycles. The molecule has 0 saturated carbocycles. The molecular weight excluding hydrogens is 240 g/mol. The van der Waals surface area contributed by atoms with E-state index in [-0.39, 0.29) is 17.0 Å². The van der Waals surface area contributed by atoms with Gasteiger partial charge < -0.3 is 10.6 Å². The van der Waals surface area contributed by atoms with Gasteiger partial charge in [0.15, 0.2) is 0 Å². The van der Waals surface area contributed by atoms with Gasteiger partial charge in [-0.1, -0.05) is 0 Å². The maximum absolute atomic E-state index is 12.1. The molecule has 5 nitrogen and oxygen atoms in total. The fraction of sp³-hybridized carbons (Fsp3) is 0.643. The highest BCUT2D eigenvalue weighted by Crippen LogP contribution is 2.14. The van der Waals surface area contributed by atoms with Crippen molar-refractivity contribution in [3.8, 4) is 0 Å².